The molecule has 0 heterocycles. The highest BCUT2D eigenvalue weighted by atomic mass is 16.6. The molecule has 0 aromatic carbocycles. The molecular weight excluding hydrogens is 200 g/mol. The molecule has 0 fully saturated rings. The summed E-state index contributed by atoms with van der Waals surface area (Å²) in [6.45, 7) is 0.998. The molecule has 2 unspecified atom stereocenters. The van der Waals surface area contributed by atoms with E-state index < -0.39 is 0 Å². The SMILES string of the molecule is COCC(CCO)OC(CCO)COC. The maximum absolute atomic E-state index is 8.82. The summed E-state index contributed by atoms with van der Waals surface area (Å²) in [6.07, 6.45) is 0.761. The van der Waals surface area contributed by atoms with Gasteiger partial charge in [-0.1, -0.05) is 0 Å². The standard InChI is InChI=1S/C10H22O5/c1-13-7-9(3-5-11)15-10(4-6-12)8-14-2/h9-12H,3-8H2,1-2H3. The Bertz CT molecular complexity index is 105. The fraction of sp³-hybridized carbons (Fsp3) is 1.00. The van der Waals surface area contributed by atoms with Crippen LogP contribution in [0, 0.1) is 0 Å². The average Bonchev–Trinajstić information content (AvgIpc) is 2.19. The summed E-state index contributed by atoms with van der Waals surface area (Å²) in [4.78, 5) is 0. The van der Waals surface area contributed by atoms with Crippen LogP contribution in [0.2, 0.25) is 0 Å². The number of rotatable bonds is 10. The Morgan fingerprint density at radius 1 is 0.867 bits per heavy atom. The second-order valence-electron chi connectivity index (χ2n) is 3.32. The van der Waals surface area contributed by atoms with Crippen LogP contribution in [0.3, 0.4) is 0 Å². The fourth-order valence-electron chi connectivity index (χ4n) is 1.31. The molecule has 0 aliphatic carbocycles. The molecule has 0 rings (SSSR count). The average molecular weight is 222 g/mol. The van der Waals surface area contributed by atoms with Gasteiger partial charge < -0.3 is 24.4 Å². The lowest BCUT2D eigenvalue weighted by atomic mass is 10.2. The molecule has 92 valence electrons. The maximum Gasteiger partial charge on any atom is 0.0835 e. The van der Waals surface area contributed by atoms with Gasteiger partial charge in [-0.3, -0.25) is 0 Å². The smallest absolute Gasteiger partial charge is 0.0835 e. The lowest BCUT2D eigenvalue weighted by Gasteiger charge is -2.23. The molecule has 0 saturated heterocycles. The lowest BCUT2D eigenvalue weighted by molar-refractivity contribution is -0.0864. The topological polar surface area (TPSA) is 68.2 Å². The van der Waals surface area contributed by atoms with Crippen molar-refractivity contribution in [3.05, 3.63) is 0 Å². The minimum absolute atomic E-state index is 0.0624. The Kier molecular flexibility index (Phi) is 10.2. The molecule has 2 N–H and O–H groups in total. The predicted octanol–water partition coefficient (Wildman–Crippen LogP) is -0.202. The molecule has 0 aromatic heterocycles. The molecule has 0 aromatic rings. The van der Waals surface area contributed by atoms with Gasteiger partial charge in [0.15, 0.2) is 0 Å². The molecule has 15 heavy (non-hydrogen) atoms. The van der Waals surface area contributed by atoms with Gasteiger partial charge in [-0.2, -0.15) is 0 Å². The van der Waals surface area contributed by atoms with E-state index in [9.17, 15) is 0 Å². The van der Waals surface area contributed by atoms with E-state index >= 15 is 0 Å². The number of methoxy groups -OCH3 is 2. The Labute approximate surface area is 91.0 Å². The van der Waals surface area contributed by atoms with Gasteiger partial charge in [0.2, 0.25) is 0 Å². The summed E-state index contributed by atoms with van der Waals surface area (Å²) < 4.78 is 15.6. The zero-order valence-electron chi connectivity index (χ0n) is 9.52. The van der Waals surface area contributed by atoms with E-state index in [0.29, 0.717) is 26.1 Å². The highest BCUT2D eigenvalue weighted by Crippen LogP contribution is 2.07. The number of ether oxygens (including phenoxy) is 3. The van der Waals surface area contributed by atoms with E-state index in [2.05, 4.69) is 0 Å². The maximum atomic E-state index is 8.82. The van der Waals surface area contributed by atoms with Gasteiger partial charge in [-0.05, 0) is 12.8 Å². The van der Waals surface area contributed by atoms with Gasteiger partial charge in [0, 0.05) is 27.4 Å². The van der Waals surface area contributed by atoms with E-state index in [-0.39, 0.29) is 25.4 Å². The second-order valence-corrected chi connectivity index (χ2v) is 3.32. The monoisotopic (exact) mass is 222 g/mol. The molecule has 0 amide bonds. The molecule has 0 saturated carbocycles. The highest BCUT2D eigenvalue weighted by molar-refractivity contribution is 4.63. The lowest BCUT2D eigenvalue weighted by Crippen LogP contribution is -2.30. The normalized spacial score (nSPS) is 15.2. The van der Waals surface area contributed by atoms with E-state index in [1.54, 1.807) is 14.2 Å². The largest absolute Gasteiger partial charge is 0.396 e. The van der Waals surface area contributed by atoms with Crippen LogP contribution >= 0.6 is 0 Å². The number of aliphatic hydroxyl groups is 2. The van der Waals surface area contributed by atoms with Crippen LogP contribution in [-0.2, 0) is 14.2 Å². The Hall–Kier alpha value is -0.200. The van der Waals surface area contributed by atoms with Crippen LogP contribution < -0.4 is 0 Å². The fourth-order valence-corrected chi connectivity index (χ4v) is 1.31. The molecular formula is C10H22O5. The highest BCUT2D eigenvalue weighted by Gasteiger charge is 2.16. The van der Waals surface area contributed by atoms with Crippen molar-refractivity contribution >= 4 is 0 Å². The van der Waals surface area contributed by atoms with Crippen LogP contribution in [-0.4, -0.2) is 63.1 Å². The van der Waals surface area contributed by atoms with Gasteiger partial charge in [0.25, 0.3) is 0 Å². The first-order valence-electron chi connectivity index (χ1n) is 5.13. The first kappa shape index (κ1) is 14.8. The molecule has 0 aliphatic heterocycles. The van der Waals surface area contributed by atoms with Crippen molar-refractivity contribution in [2.24, 2.45) is 0 Å². The summed E-state index contributed by atoms with van der Waals surface area (Å²) in [7, 11) is 3.18. The zero-order chi connectivity index (χ0) is 11.5. The van der Waals surface area contributed by atoms with Crippen LogP contribution in [0.1, 0.15) is 12.8 Å². The number of aliphatic hydroxyl groups excluding tert-OH is 2. The molecule has 0 aliphatic rings. The first-order valence-corrected chi connectivity index (χ1v) is 5.13. The zero-order valence-corrected chi connectivity index (χ0v) is 9.52. The number of hydrogen-bond donors (Lipinski definition) is 2. The first-order chi connectivity index (χ1) is 7.28. The summed E-state index contributed by atoms with van der Waals surface area (Å²) in [5.74, 6) is 0. The van der Waals surface area contributed by atoms with E-state index in [4.69, 9.17) is 24.4 Å². The van der Waals surface area contributed by atoms with Crippen molar-refractivity contribution in [2.45, 2.75) is 25.0 Å². The van der Waals surface area contributed by atoms with E-state index in [1.807, 2.05) is 0 Å². The van der Waals surface area contributed by atoms with Crippen molar-refractivity contribution in [3.63, 3.8) is 0 Å². The molecule has 2 atom stereocenters. The second kappa shape index (κ2) is 10.3. The van der Waals surface area contributed by atoms with Gasteiger partial charge in [0.1, 0.15) is 0 Å². The molecule has 0 spiro atoms. The summed E-state index contributed by atoms with van der Waals surface area (Å²) in [6, 6.07) is 0. The van der Waals surface area contributed by atoms with E-state index in [1.165, 1.54) is 0 Å². The van der Waals surface area contributed by atoms with Crippen LogP contribution in [0.5, 0.6) is 0 Å². The predicted molar refractivity (Wildman–Crippen MR) is 55.8 cm³/mol. The van der Waals surface area contributed by atoms with Crippen LogP contribution in [0.4, 0.5) is 0 Å². The summed E-state index contributed by atoms with van der Waals surface area (Å²) >= 11 is 0. The number of hydrogen-bond acceptors (Lipinski definition) is 5. The summed E-state index contributed by atoms with van der Waals surface area (Å²) in [5.41, 5.74) is 0. The van der Waals surface area contributed by atoms with E-state index in [0.717, 1.165) is 0 Å². The minimum atomic E-state index is -0.147. The van der Waals surface area contributed by atoms with Crippen molar-refractivity contribution in [1.82, 2.24) is 0 Å². The van der Waals surface area contributed by atoms with Crippen molar-refractivity contribution in [2.75, 3.05) is 40.6 Å². The van der Waals surface area contributed by atoms with Crippen molar-refractivity contribution < 1.29 is 24.4 Å². The van der Waals surface area contributed by atoms with Gasteiger partial charge in [0.05, 0.1) is 25.4 Å². The molecule has 0 radical (unpaired) electrons. The van der Waals surface area contributed by atoms with Crippen molar-refractivity contribution in [1.29, 1.82) is 0 Å². The van der Waals surface area contributed by atoms with Gasteiger partial charge in [-0.15, -0.1) is 0 Å². The molecule has 5 nitrogen and oxygen atoms in total. The third-order valence-corrected chi connectivity index (χ3v) is 1.99. The minimum Gasteiger partial charge on any atom is -0.396 e. The van der Waals surface area contributed by atoms with Gasteiger partial charge in [-0.25, -0.2) is 0 Å². The van der Waals surface area contributed by atoms with Gasteiger partial charge >= 0.3 is 0 Å². The van der Waals surface area contributed by atoms with Crippen LogP contribution in [0.15, 0.2) is 0 Å². The Morgan fingerprint density at radius 3 is 1.53 bits per heavy atom. The Balaban J connectivity index is 3.93. The van der Waals surface area contributed by atoms with Crippen molar-refractivity contribution in [3.8, 4) is 0 Å². The Morgan fingerprint density at radius 2 is 1.27 bits per heavy atom. The third kappa shape index (κ3) is 7.70. The molecule has 5 heteroatoms. The van der Waals surface area contributed by atoms with Crippen LogP contribution in [0.25, 0.3) is 0 Å². The quantitative estimate of drug-likeness (QED) is 0.535. The molecule has 0 bridgehead atoms. The summed E-state index contributed by atoms with van der Waals surface area (Å²) in [5, 5.41) is 17.6. The third-order valence-electron chi connectivity index (χ3n) is 1.99.